The third kappa shape index (κ3) is 3.54. The highest BCUT2D eigenvalue weighted by Gasteiger charge is 2.17. The molecule has 0 heterocycles. The van der Waals surface area contributed by atoms with E-state index in [-0.39, 0.29) is 12.1 Å². The van der Waals surface area contributed by atoms with Crippen LogP contribution in [0.5, 0.6) is 5.75 Å². The summed E-state index contributed by atoms with van der Waals surface area (Å²) in [5, 5.41) is 0.653. The van der Waals surface area contributed by atoms with Crippen molar-refractivity contribution in [1.82, 2.24) is 0 Å². The van der Waals surface area contributed by atoms with Gasteiger partial charge in [0.1, 0.15) is 5.75 Å². The van der Waals surface area contributed by atoms with Crippen molar-refractivity contribution in [3.05, 3.63) is 63.1 Å². The van der Waals surface area contributed by atoms with Crippen molar-refractivity contribution < 1.29 is 4.74 Å². The van der Waals surface area contributed by atoms with E-state index in [1.165, 1.54) is 0 Å². The topological polar surface area (TPSA) is 35.2 Å². The monoisotopic (exact) mass is 353 g/mol. The molecule has 0 saturated heterocycles. The smallest absolute Gasteiger partial charge is 0.124 e. The maximum atomic E-state index is 6.38. The van der Waals surface area contributed by atoms with Crippen LogP contribution in [0.4, 0.5) is 0 Å². The number of halogens is 2. The Kier molecular flexibility index (Phi) is 5.08. The van der Waals surface area contributed by atoms with E-state index in [1.54, 1.807) is 0 Å². The molecule has 0 aliphatic heterocycles. The average Bonchev–Trinajstić information content (AvgIpc) is 2.41. The molecule has 2 rings (SSSR count). The van der Waals surface area contributed by atoms with E-state index in [4.69, 9.17) is 22.1 Å². The summed E-state index contributed by atoms with van der Waals surface area (Å²) >= 11 is 9.71. The van der Waals surface area contributed by atoms with E-state index in [0.29, 0.717) is 5.02 Å². The van der Waals surface area contributed by atoms with E-state index >= 15 is 0 Å². The van der Waals surface area contributed by atoms with Gasteiger partial charge in [-0.15, -0.1) is 0 Å². The minimum Gasteiger partial charge on any atom is -0.491 e. The summed E-state index contributed by atoms with van der Waals surface area (Å²) in [6, 6.07) is 13.2. The van der Waals surface area contributed by atoms with Crippen LogP contribution in [-0.4, -0.2) is 6.10 Å². The average molecular weight is 355 g/mol. The fourth-order valence-corrected chi connectivity index (χ4v) is 2.63. The molecule has 0 bridgehead atoms. The molecule has 1 unspecified atom stereocenters. The van der Waals surface area contributed by atoms with Gasteiger partial charge >= 0.3 is 0 Å². The Labute approximate surface area is 133 Å². The van der Waals surface area contributed by atoms with Crippen molar-refractivity contribution in [3.8, 4) is 5.75 Å². The molecule has 2 aromatic rings. The first-order chi connectivity index (χ1) is 9.49. The zero-order valence-corrected chi connectivity index (χ0v) is 13.8. The molecule has 2 nitrogen and oxygen atoms in total. The van der Waals surface area contributed by atoms with Crippen LogP contribution in [0.25, 0.3) is 0 Å². The number of hydrogen-bond donors (Lipinski definition) is 1. The van der Waals surface area contributed by atoms with Crippen LogP contribution in [-0.2, 0) is 0 Å². The lowest BCUT2D eigenvalue weighted by atomic mass is 9.98. The molecule has 0 spiro atoms. The van der Waals surface area contributed by atoms with Gasteiger partial charge < -0.3 is 10.5 Å². The Morgan fingerprint density at radius 1 is 1.10 bits per heavy atom. The van der Waals surface area contributed by atoms with Crippen molar-refractivity contribution in [3.63, 3.8) is 0 Å². The summed E-state index contributed by atoms with van der Waals surface area (Å²) in [5.74, 6) is 0.797. The highest BCUT2D eigenvalue weighted by molar-refractivity contribution is 9.10. The zero-order valence-electron chi connectivity index (χ0n) is 11.4. The molecule has 20 heavy (non-hydrogen) atoms. The molecular formula is C16H17BrClNO. The summed E-state index contributed by atoms with van der Waals surface area (Å²) < 4.78 is 6.78. The summed E-state index contributed by atoms with van der Waals surface area (Å²) in [7, 11) is 0. The van der Waals surface area contributed by atoms with Gasteiger partial charge in [0, 0.05) is 15.1 Å². The Morgan fingerprint density at radius 2 is 1.80 bits per heavy atom. The standard InChI is InChI=1S/C16H17BrClNO/c1-10(2)20-15-6-4-3-5-12(15)16(19)13-9-11(17)7-8-14(13)18/h3-10,16H,19H2,1-2H3. The molecule has 2 N–H and O–H groups in total. The first-order valence-electron chi connectivity index (χ1n) is 6.45. The third-order valence-electron chi connectivity index (χ3n) is 2.91. The number of rotatable bonds is 4. The van der Waals surface area contributed by atoms with Gasteiger partial charge in [0.25, 0.3) is 0 Å². The predicted molar refractivity (Wildman–Crippen MR) is 87.4 cm³/mol. The molecule has 4 heteroatoms. The molecular weight excluding hydrogens is 338 g/mol. The third-order valence-corrected chi connectivity index (χ3v) is 3.75. The van der Waals surface area contributed by atoms with Crippen LogP contribution < -0.4 is 10.5 Å². The van der Waals surface area contributed by atoms with Crippen molar-refractivity contribution >= 4 is 27.5 Å². The SMILES string of the molecule is CC(C)Oc1ccccc1C(N)c1cc(Br)ccc1Cl. The van der Waals surface area contributed by atoms with Gasteiger partial charge in [0.15, 0.2) is 0 Å². The minimum atomic E-state index is -0.324. The van der Waals surface area contributed by atoms with Crippen LogP contribution in [0.2, 0.25) is 5.02 Å². The Bertz CT molecular complexity index is 601. The van der Waals surface area contributed by atoms with Gasteiger partial charge in [0.05, 0.1) is 12.1 Å². The number of hydrogen-bond acceptors (Lipinski definition) is 2. The molecule has 0 aromatic heterocycles. The van der Waals surface area contributed by atoms with Gasteiger partial charge in [-0.2, -0.15) is 0 Å². The van der Waals surface area contributed by atoms with Crippen molar-refractivity contribution in [2.45, 2.75) is 26.0 Å². The second-order valence-corrected chi connectivity index (χ2v) is 6.17. The van der Waals surface area contributed by atoms with Crippen LogP contribution >= 0.6 is 27.5 Å². The van der Waals surface area contributed by atoms with Crippen LogP contribution in [0.3, 0.4) is 0 Å². The molecule has 2 aromatic carbocycles. The number of para-hydroxylation sites is 1. The lowest BCUT2D eigenvalue weighted by molar-refractivity contribution is 0.239. The fourth-order valence-electron chi connectivity index (χ4n) is 2.02. The molecule has 1 atom stereocenters. The first-order valence-corrected chi connectivity index (χ1v) is 7.62. The van der Waals surface area contributed by atoms with Crippen molar-refractivity contribution in [2.75, 3.05) is 0 Å². The Hall–Kier alpha value is -1.03. The fraction of sp³-hybridized carbons (Fsp3) is 0.250. The highest BCUT2D eigenvalue weighted by Crippen LogP contribution is 2.33. The molecule has 0 radical (unpaired) electrons. The maximum Gasteiger partial charge on any atom is 0.124 e. The molecule has 0 fully saturated rings. The van der Waals surface area contributed by atoms with Gasteiger partial charge in [-0.1, -0.05) is 45.7 Å². The van der Waals surface area contributed by atoms with Crippen LogP contribution in [0.15, 0.2) is 46.9 Å². The lowest BCUT2D eigenvalue weighted by Crippen LogP contribution is -2.16. The number of nitrogens with two attached hydrogens (primary N) is 1. The summed E-state index contributed by atoms with van der Waals surface area (Å²) in [6.07, 6.45) is 0.0985. The van der Waals surface area contributed by atoms with Crippen molar-refractivity contribution in [1.29, 1.82) is 0 Å². The Morgan fingerprint density at radius 3 is 2.50 bits per heavy atom. The second kappa shape index (κ2) is 6.61. The Balaban J connectivity index is 2.42. The summed E-state index contributed by atoms with van der Waals surface area (Å²) in [5.41, 5.74) is 8.18. The first kappa shape index (κ1) is 15.4. The van der Waals surface area contributed by atoms with Gasteiger partial charge in [-0.3, -0.25) is 0 Å². The van der Waals surface area contributed by atoms with Gasteiger partial charge in [-0.05, 0) is 43.7 Å². The minimum absolute atomic E-state index is 0.0985. The van der Waals surface area contributed by atoms with E-state index < -0.39 is 0 Å². The van der Waals surface area contributed by atoms with Gasteiger partial charge in [0.2, 0.25) is 0 Å². The maximum absolute atomic E-state index is 6.38. The van der Waals surface area contributed by atoms with Gasteiger partial charge in [-0.25, -0.2) is 0 Å². The van der Waals surface area contributed by atoms with Crippen LogP contribution in [0, 0.1) is 0 Å². The highest BCUT2D eigenvalue weighted by atomic mass is 79.9. The molecule has 106 valence electrons. The van der Waals surface area contributed by atoms with E-state index in [9.17, 15) is 0 Å². The van der Waals surface area contributed by atoms with Crippen LogP contribution in [0.1, 0.15) is 31.0 Å². The molecule has 0 amide bonds. The quantitative estimate of drug-likeness (QED) is 0.844. The number of ether oxygens (including phenoxy) is 1. The second-order valence-electron chi connectivity index (χ2n) is 4.85. The predicted octanol–water partition coefficient (Wildman–Crippen LogP) is 4.94. The summed E-state index contributed by atoms with van der Waals surface area (Å²) in [6.45, 7) is 3.99. The molecule has 0 aliphatic rings. The van der Waals surface area contributed by atoms with E-state index in [0.717, 1.165) is 21.3 Å². The molecule has 0 aliphatic carbocycles. The largest absolute Gasteiger partial charge is 0.491 e. The zero-order chi connectivity index (χ0) is 14.7. The van der Waals surface area contributed by atoms with Crippen molar-refractivity contribution in [2.24, 2.45) is 5.73 Å². The van der Waals surface area contributed by atoms with E-state index in [2.05, 4.69) is 15.9 Å². The summed E-state index contributed by atoms with van der Waals surface area (Å²) in [4.78, 5) is 0. The van der Waals surface area contributed by atoms with E-state index in [1.807, 2.05) is 56.3 Å². The number of benzene rings is 2. The molecule has 0 saturated carbocycles. The lowest BCUT2D eigenvalue weighted by Gasteiger charge is -2.20. The normalized spacial score (nSPS) is 12.5.